The zero-order chi connectivity index (χ0) is 17.0. The lowest BCUT2D eigenvalue weighted by Gasteiger charge is -2.38. The molecular weight excluding hydrogens is 296 g/mol. The van der Waals surface area contributed by atoms with Gasteiger partial charge in [-0.15, -0.1) is 0 Å². The van der Waals surface area contributed by atoms with E-state index < -0.39 is 10.0 Å². The number of nitrogens with one attached hydrogen (secondary N) is 1. The van der Waals surface area contributed by atoms with Gasteiger partial charge in [-0.1, -0.05) is 53.9 Å². The summed E-state index contributed by atoms with van der Waals surface area (Å²) in [6.07, 6.45) is 7.48. The first-order chi connectivity index (χ1) is 10.00. The standard InChI is InChI=1S/C17H36N2O2S/c1-14(2)18-16(17(3,4)5)13-19(22(6,20)21)12-15-10-8-7-9-11-15/h14-16,18H,7-13H2,1-6H3/t16-/m1/s1. The summed E-state index contributed by atoms with van der Waals surface area (Å²) in [4.78, 5) is 0. The minimum Gasteiger partial charge on any atom is -0.310 e. The van der Waals surface area contributed by atoms with Crippen LogP contribution in [0.4, 0.5) is 0 Å². The molecule has 0 aromatic rings. The minimum atomic E-state index is -3.16. The fourth-order valence-corrected chi connectivity index (χ4v) is 4.09. The van der Waals surface area contributed by atoms with Crippen molar-refractivity contribution in [2.24, 2.45) is 11.3 Å². The third-order valence-corrected chi connectivity index (χ3v) is 5.86. The molecule has 0 aliphatic heterocycles. The zero-order valence-corrected chi connectivity index (χ0v) is 16.2. The van der Waals surface area contributed by atoms with Gasteiger partial charge in [-0.05, 0) is 24.2 Å². The van der Waals surface area contributed by atoms with Gasteiger partial charge >= 0.3 is 0 Å². The summed E-state index contributed by atoms with van der Waals surface area (Å²) in [7, 11) is -3.16. The van der Waals surface area contributed by atoms with E-state index in [0.717, 1.165) is 0 Å². The number of nitrogens with zero attached hydrogens (tertiary/aromatic N) is 1. The Kier molecular flexibility index (Phi) is 7.34. The van der Waals surface area contributed by atoms with E-state index in [4.69, 9.17) is 0 Å². The average molecular weight is 333 g/mol. The lowest BCUT2D eigenvalue weighted by Crippen LogP contribution is -2.52. The molecule has 0 spiro atoms. The van der Waals surface area contributed by atoms with E-state index in [1.54, 1.807) is 4.31 Å². The highest BCUT2D eigenvalue weighted by molar-refractivity contribution is 7.88. The molecule has 1 rings (SSSR count). The Hall–Kier alpha value is -0.130. The molecule has 1 N–H and O–H groups in total. The van der Waals surface area contributed by atoms with Gasteiger partial charge in [-0.3, -0.25) is 0 Å². The maximum Gasteiger partial charge on any atom is 0.211 e. The minimum absolute atomic E-state index is 0.0276. The highest BCUT2D eigenvalue weighted by atomic mass is 32.2. The Morgan fingerprint density at radius 1 is 1.14 bits per heavy atom. The van der Waals surface area contributed by atoms with Gasteiger partial charge in [-0.25, -0.2) is 12.7 Å². The molecule has 1 aliphatic rings. The van der Waals surface area contributed by atoms with Gasteiger partial charge in [-0.2, -0.15) is 0 Å². The van der Waals surface area contributed by atoms with Crippen LogP contribution in [0.15, 0.2) is 0 Å². The van der Waals surface area contributed by atoms with Crippen molar-refractivity contribution >= 4 is 10.0 Å². The fourth-order valence-electron chi connectivity index (χ4n) is 3.19. The highest BCUT2D eigenvalue weighted by Gasteiger charge is 2.31. The maximum atomic E-state index is 12.3. The van der Waals surface area contributed by atoms with Crippen molar-refractivity contribution in [3.8, 4) is 0 Å². The summed E-state index contributed by atoms with van der Waals surface area (Å²) in [5.41, 5.74) is 0.0276. The van der Waals surface area contributed by atoms with Crippen molar-refractivity contribution < 1.29 is 8.42 Å². The van der Waals surface area contributed by atoms with Gasteiger partial charge < -0.3 is 5.32 Å². The highest BCUT2D eigenvalue weighted by Crippen LogP contribution is 2.27. The van der Waals surface area contributed by atoms with E-state index in [9.17, 15) is 8.42 Å². The third kappa shape index (κ3) is 6.97. The Balaban J connectivity index is 2.81. The Bertz CT molecular complexity index is 420. The summed E-state index contributed by atoms with van der Waals surface area (Å²) in [6.45, 7) is 12.0. The predicted octanol–water partition coefficient (Wildman–Crippen LogP) is 3.24. The molecule has 0 saturated heterocycles. The molecule has 132 valence electrons. The van der Waals surface area contributed by atoms with Crippen LogP contribution < -0.4 is 5.32 Å². The molecule has 0 heterocycles. The van der Waals surface area contributed by atoms with E-state index in [1.165, 1.54) is 38.4 Å². The van der Waals surface area contributed by atoms with Crippen LogP contribution in [0.2, 0.25) is 0 Å². The second-order valence-corrected chi connectivity index (χ2v) is 10.3. The quantitative estimate of drug-likeness (QED) is 0.778. The van der Waals surface area contributed by atoms with E-state index in [-0.39, 0.29) is 11.5 Å². The van der Waals surface area contributed by atoms with Gasteiger partial charge in [0.2, 0.25) is 10.0 Å². The van der Waals surface area contributed by atoms with Gasteiger partial charge in [0.15, 0.2) is 0 Å². The van der Waals surface area contributed by atoms with Crippen LogP contribution in [-0.4, -0.2) is 44.2 Å². The number of rotatable bonds is 7. The van der Waals surface area contributed by atoms with Crippen LogP contribution in [0.1, 0.15) is 66.7 Å². The van der Waals surface area contributed by atoms with Crippen LogP contribution in [0, 0.1) is 11.3 Å². The number of hydrogen-bond acceptors (Lipinski definition) is 3. The second kappa shape index (κ2) is 8.11. The fraction of sp³-hybridized carbons (Fsp3) is 1.00. The molecule has 1 aliphatic carbocycles. The number of sulfonamides is 1. The molecule has 0 aromatic heterocycles. The lowest BCUT2D eigenvalue weighted by atomic mass is 9.85. The predicted molar refractivity (Wildman–Crippen MR) is 94.5 cm³/mol. The van der Waals surface area contributed by atoms with Crippen molar-refractivity contribution in [3.63, 3.8) is 0 Å². The molecule has 0 unspecified atom stereocenters. The molecule has 1 atom stereocenters. The van der Waals surface area contributed by atoms with Crippen LogP contribution in [0.3, 0.4) is 0 Å². The molecule has 22 heavy (non-hydrogen) atoms. The molecule has 0 amide bonds. The Morgan fingerprint density at radius 3 is 2.09 bits per heavy atom. The van der Waals surface area contributed by atoms with Gasteiger partial charge in [0.05, 0.1) is 6.26 Å². The van der Waals surface area contributed by atoms with E-state index >= 15 is 0 Å². The smallest absolute Gasteiger partial charge is 0.211 e. The van der Waals surface area contributed by atoms with E-state index in [0.29, 0.717) is 25.0 Å². The van der Waals surface area contributed by atoms with Crippen LogP contribution in [0.5, 0.6) is 0 Å². The zero-order valence-electron chi connectivity index (χ0n) is 15.4. The molecule has 0 bridgehead atoms. The van der Waals surface area contributed by atoms with Crippen molar-refractivity contribution in [2.45, 2.75) is 78.8 Å². The normalized spacial score (nSPS) is 19.8. The first-order valence-electron chi connectivity index (χ1n) is 8.71. The van der Waals surface area contributed by atoms with Crippen molar-refractivity contribution in [2.75, 3.05) is 19.3 Å². The molecule has 4 nitrogen and oxygen atoms in total. The van der Waals surface area contributed by atoms with Crippen LogP contribution in [-0.2, 0) is 10.0 Å². The first-order valence-corrected chi connectivity index (χ1v) is 10.6. The van der Waals surface area contributed by atoms with Crippen molar-refractivity contribution in [1.29, 1.82) is 0 Å². The van der Waals surface area contributed by atoms with Crippen molar-refractivity contribution in [3.05, 3.63) is 0 Å². The SMILES string of the molecule is CC(C)N[C@H](CN(CC1CCCCC1)S(C)(=O)=O)C(C)(C)C. The van der Waals surface area contributed by atoms with E-state index in [1.807, 2.05) is 0 Å². The molecule has 0 radical (unpaired) electrons. The maximum absolute atomic E-state index is 12.3. The van der Waals surface area contributed by atoms with Crippen LogP contribution >= 0.6 is 0 Å². The molecule has 5 heteroatoms. The third-order valence-electron chi connectivity index (χ3n) is 4.62. The molecule has 1 saturated carbocycles. The van der Waals surface area contributed by atoms with Crippen LogP contribution in [0.25, 0.3) is 0 Å². The summed E-state index contributed by atoms with van der Waals surface area (Å²) in [6, 6.07) is 0.506. The largest absolute Gasteiger partial charge is 0.310 e. The van der Waals surface area contributed by atoms with Gasteiger partial charge in [0.1, 0.15) is 0 Å². The summed E-state index contributed by atoms with van der Waals surface area (Å²) in [5.74, 6) is 0.531. The Morgan fingerprint density at radius 2 is 1.68 bits per heavy atom. The summed E-state index contributed by atoms with van der Waals surface area (Å²) < 4.78 is 26.2. The molecule has 1 fully saturated rings. The molecule has 0 aromatic carbocycles. The molecular formula is C17H36N2O2S. The topological polar surface area (TPSA) is 49.4 Å². The van der Waals surface area contributed by atoms with E-state index in [2.05, 4.69) is 39.9 Å². The first kappa shape index (κ1) is 19.9. The number of hydrogen-bond donors (Lipinski definition) is 1. The average Bonchev–Trinajstić information content (AvgIpc) is 2.35. The lowest BCUT2D eigenvalue weighted by molar-refractivity contribution is 0.194. The van der Waals surface area contributed by atoms with Crippen molar-refractivity contribution in [1.82, 2.24) is 9.62 Å². The van der Waals surface area contributed by atoms with Gasteiger partial charge in [0.25, 0.3) is 0 Å². The Labute approximate surface area is 138 Å². The second-order valence-electron chi connectivity index (χ2n) is 8.32. The summed E-state index contributed by atoms with van der Waals surface area (Å²) >= 11 is 0. The van der Waals surface area contributed by atoms with Gasteiger partial charge in [0, 0.05) is 25.2 Å². The summed E-state index contributed by atoms with van der Waals surface area (Å²) in [5, 5.41) is 3.55. The monoisotopic (exact) mass is 332 g/mol.